The number of carbonyl (C=O) groups is 1. The molecule has 4 rings (SSSR count). The molecule has 0 aliphatic carbocycles. The third kappa shape index (κ3) is 2.18. The molecule has 6 nitrogen and oxygen atoms in total. The van der Waals surface area contributed by atoms with E-state index < -0.39 is 0 Å². The number of para-hydroxylation sites is 1. The van der Waals surface area contributed by atoms with Crippen molar-refractivity contribution in [2.45, 2.75) is 0 Å². The van der Waals surface area contributed by atoms with E-state index in [0.717, 1.165) is 10.9 Å². The van der Waals surface area contributed by atoms with Crippen LogP contribution < -0.4 is 0 Å². The van der Waals surface area contributed by atoms with Crippen molar-refractivity contribution in [3.8, 4) is 11.4 Å². The molecule has 0 unspecified atom stereocenters. The summed E-state index contributed by atoms with van der Waals surface area (Å²) >= 11 is 0. The minimum atomic E-state index is -0.383. The molecule has 4 aromatic rings. The summed E-state index contributed by atoms with van der Waals surface area (Å²) in [6, 6.07) is 12.9. The van der Waals surface area contributed by atoms with E-state index >= 15 is 0 Å². The molecular weight excluding hydrogens is 297 g/mol. The predicted molar refractivity (Wildman–Crippen MR) is 81.2 cm³/mol. The second kappa shape index (κ2) is 5.13. The van der Waals surface area contributed by atoms with E-state index in [0.29, 0.717) is 17.0 Å². The van der Waals surface area contributed by atoms with Crippen LogP contribution in [0.2, 0.25) is 0 Å². The molecule has 2 aromatic heterocycles. The minimum Gasteiger partial charge on any atom is -0.282 e. The molecule has 0 fully saturated rings. The number of carbonyl (C=O) groups excluding carboxylic acids is 1. The topological polar surface area (TPSA) is 76.5 Å². The maximum absolute atomic E-state index is 13.1. The highest BCUT2D eigenvalue weighted by Crippen LogP contribution is 2.28. The molecular formula is C16H10FN5O. The van der Waals surface area contributed by atoms with Crippen LogP contribution in [0.3, 0.4) is 0 Å². The van der Waals surface area contributed by atoms with Crippen LogP contribution in [0.4, 0.5) is 4.39 Å². The Morgan fingerprint density at radius 2 is 1.87 bits per heavy atom. The number of hydrogen-bond acceptors (Lipinski definition) is 4. The summed E-state index contributed by atoms with van der Waals surface area (Å²) in [5, 5.41) is 14.7. The number of tetrazole rings is 1. The number of halogens is 1. The Bertz CT molecular complexity index is 989. The Labute approximate surface area is 129 Å². The molecule has 0 saturated carbocycles. The first kappa shape index (κ1) is 13.3. The van der Waals surface area contributed by atoms with Crippen LogP contribution in [0, 0.1) is 5.82 Å². The lowest BCUT2D eigenvalue weighted by Gasteiger charge is -2.03. The first-order valence-corrected chi connectivity index (χ1v) is 6.88. The number of hydrogen-bond donors (Lipinski definition) is 1. The van der Waals surface area contributed by atoms with Crippen molar-refractivity contribution in [1.82, 2.24) is 25.2 Å². The Balaban J connectivity index is 1.90. The number of benzene rings is 2. The van der Waals surface area contributed by atoms with Gasteiger partial charge in [-0.3, -0.25) is 9.36 Å². The zero-order valence-electron chi connectivity index (χ0n) is 11.8. The van der Waals surface area contributed by atoms with Crippen LogP contribution in [0.1, 0.15) is 10.4 Å². The number of rotatable bonds is 2. The van der Waals surface area contributed by atoms with Gasteiger partial charge in [0.15, 0.2) is 0 Å². The maximum atomic E-state index is 13.1. The highest BCUT2D eigenvalue weighted by atomic mass is 19.1. The lowest BCUT2D eigenvalue weighted by atomic mass is 10.1. The van der Waals surface area contributed by atoms with Crippen LogP contribution in [-0.2, 0) is 0 Å². The quantitative estimate of drug-likeness (QED) is 0.617. The van der Waals surface area contributed by atoms with Gasteiger partial charge in [-0.1, -0.05) is 18.2 Å². The summed E-state index contributed by atoms with van der Waals surface area (Å²) in [6.07, 6.45) is 1.67. The molecule has 1 N–H and O–H groups in total. The Hall–Kier alpha value is -3.35. The molecule has 2 heterocycles. The number of aromatic amines is 1. The van der Waals surface area contributed by atoms with Crippen LogP contribution in [0.25, 0.3) is 22.3 Å². The number of aromatic nitrogens is 5. The molecule has 23 heavy (non-hydrogen) atoms. The third-order valence-corrected chi connectivity index (χ3v) is 3.61. The molecule has 0 spiro atoms. The van der Waals surface area contributed by atoms with Crippen molar-refractivity contribution in [2.24, 2.45) is 0 Å². The average Bonchev–Trinajstić information content (AvgIpc) is 3.22. The lowest BCUT2D eigenvalue weighted by Crippen LogP contribution is -2.10. The molecule has 2 aromatic carbocycles. The molecule has 7 heteroatoms. The molecule has 0 bridgehead atoms. The zero-order chi connectivity index (χ0) is 15.8. The fourth-order valence-corrected chi connectivity index (χ4v) is 2.53. The van der Waals surface area contributed by atoms with E-state index in [9.17, 15) is 9.18 Å². The SMILES string of the molecule is O=C(c1ccc(F)cc1)n1cc(-c2nn[nH]n2)c2ccccc21. The van der Waals surface area contributed by atoms with E-state index in [2.05, 4.69) is 20.6 Å². The van der Waals surface area contributed by atoms with Gasteiger partial charge < -0.3 is 0 Å². The van der Waals surface area contributed by atoms with E-state index in [1.165, 1.54) is 28.8 Å². The van der Waals surface area contributed by atoms with E-state index in [1.807, 2.05) is 24.3 Å². The minimum absolute atomic E-state index is 0.254. The highest BCUT2D eigenvalue weighted by Gasteiger charge is 2.18. The van der Waals surface area contributed by atoms with Gasteiger partial charge in [0, 0.05) is 22.7 Å². The van der Waals surface area contributed by atoms with Gasteiger partial charge >= 0.3 is 0 Å². The second-order valence-corrected chi connectivity index (χ2v) is 4.98. The van der Waals surface area contributed by atoms with Gasteiger partial charge in [-0.25, -0.2) is 4.39 Å². The van der Waals surface area contributed by atoms with Crippen molar-refractivity contribution < 1.29 is 9.18 Å². The molecule has 112 valence electrons. The van der Waals surface area contributed by atoms with Crippen LogP contribution in [0.5, 0.6) is 0 Å². The number of fused-ring (bicyclic) bond motifs is 1. The van der Waals surface area contributed by atoms with Gasteiger partial charge in [-0.2, -0.15) is 5.21 Å². The van der Waals surface area contributed by atoms with Crippen molar-refractivity contribution in [2.75, 3.05) is 0 Å². The normalized spacial score (nSPS) is 11.0. The molecule has 0 atom stereocenters. The largest absolute Gasteiger partial charge is 0.282 e. The number of H-pyrrole nitrogens is 1. The van der Waals surface area contributed by atoms with Crippen LogP contribution in [0.15, 0.2) is 54.7 Å². The van der Waals surface area contributed by atoms with Crippen molar-refractivity contribution in [1.29, 1.82) is 0 Å². The van der Waals surface area contributed by atoms with Gasteiger partial charge in [0.1, 0.15) is 5.82 Å². The third-order valence-electron chi connectivity index (χ3n) is 3.61. The van der Waals surface area contributed by atoms with E-state index in [4.69, 9.17) is 0 Å². The summed E-state index contributed by atoms with van der Waals surface area (Å²) in [7, 11) is 0. The Morgan fingerprint density at radius 3 is 2.61 bits per heavy atom. The summed E-state index contributed by atoms with van der Waals surface area (Å²) in [4.78, 5) is 12.7. The van der Waals surface area contributed by atoms with E-state index in [-0.39, 0.29) is 11.7 Å². The molecule has 0 aliphatic rings. The number of nitrogens with zero attached hydrogens (tertiary/aromatic N) is 4. The first-order valence-electron chi connectivity index (χ1n) is 6.88. The predicted octanol–water partition coefficient (Wildman–Crippen LogP) is 2.65. The summed E-state index contributed by atoms with van der Waals surface area (Å²) in [5.74, 6) is -0.228. The fraction of sp³-hybridized carbons (Fsp3) is 0. The van der Waals surface area contributed by atoms with Gasteiger partial charge in [0.25, 0.3) is 5.91 Å². The van der Waals surface area contributed by atoms with Crippen LogP contribution in [-0.4, -0.2) is 31.1 Å². The molecule has 0 aliphatic heterocycles. The van der Waals surface area contributed by atoms with Gasteiger partial charge in [-0.05, 0) is 35.5 Å². The molecule has 0 amide bonds. The summed E-state index contributed by atoms with van der Waals surface area (Å²) in [5.41, 5.74) is 1.82. The Kier molecular flexibility index (Phi) is 2.97. The Morgan fingerprint density at radius 1 is 1.09 bits per heavy atom. The maximum Gasteiger partial charge on any atom is 0.262 e. The fourth-order valence-electron chi connectivity index (χ4n) is 2.53. The van der Waals surface area contributed by atoms with Crippen LogP contribution >= 0.6 is 0 Å². The van der Waals surface area contributed by atoms with Crippen molar-refractivity contribution in [3.05, 3.63) is 66.1 Å². The zero-order valence-corrected chi connectivity index (χ0v) is 11.8. The average molecular weight is 307 g/mol. The van der Waals surface area contributed by atoms with E-state index in [1.54, 1.807) is 6.20 Å². The monoisotopic (exact) mass is 307 g/mol. The van der Waals surface area contributed by atoms with Gasteiger partial charge in [0.2, 0.25) is 5.82 Å². The van der Waals surface area contributed by atoms with Crippen molar-refractivity contribution >= 4 is 16.8 Å². The van der Waals surface area contributed by atoms with Crippen molar-refractivity contribution in [3.63, 3.8) is 0 Å². The standard InChI is InChI=1S/C16H10FN5O/c17-11-7-5-10(6-8-11)16(23)22-9-13(15-18-20-21-19-15)12-3-1-2-4-14(12)22/h1-9H,(H,18,19,20,21). The summed E-state index contributed by atoms with van der Waals surface area (Å²) < 4.78 is 14.6. The molecule has 0 radical (unpaired) electrons. The summed E-state index contributed by atoms with van der Waals surface area (Å²) in [6.45, 7) is 0. The smallest absolute Gasteiger partial charge is 0.262 e. The highest BCUT2D eigenvalue weighted by molar-refractivity contribution is 6.06. The molecule has 0 saturated heterocycles. The number of nitrogens with one attached hydrogen (secondary N) is 1. The lowest BCUT2D eigenvalue weighted by molar-refractivity contribution is 0.0965. The second-order valence-electron chi connectivity index (χ2n) is 4.98. The first-order chi connectivity index (χ1) is 11.2. The van der Waals surface area contributed by atoms with Gasteiger partial charge in [0.05, 0.1) is 5.52 Å². The van der Waals surface area contributed by atoms with Gasteiger partial charge in [-0.15, -0.1) is 10.2 Å².